The number of hydrogen-bond acceptors (Lipinski definition) is 2. The second-order valence-electron chi connectivity index (χ2n) is 4.14. The quantitative estimate of drug-likeness (QED) is 0.793. The minimum atomic E-state index is -3.75. The van der Waals surface area contributed by atoms with Gasteiger partial charge < -0.3 is 0 Å². The summed E-state index contributed by atoms with van der Waals surface area (Å²) in [5, 5.41) is 0. The highest BCUT2D eigenvalue weighted by Crippen LogP contribution is 2.26. The van der Waals surface area contributed by atoms with Gasteiger partial charge in [0.25, 0.3) is 10.0 Å². The van der Waals surface area contributed by atoms with Crippen LogP contribution in [0.3, 0.4) is 0 Å². The summed E-state index contributed by atoms with van der Waals surface area (Å²) in [6.45, 7) is 1.70. The van der Waals surface area contributed by atoms with Crippen LogP contribution in [0, 0.1) is 12.7 Å². The molecule has 0 aliphatic heterocycles. The zero-order valence-electron chi connectivity index (χ0n) is 10.3. The molecule has 106 valence electrons. The molecule has 2 rings (SSSR count). The van der Waals surface area contributed by atoms with E-state index in [2.05, 4.69) is 36.6 Å². The molecular formula is C13H10Br2FNO2S. The van der Waals surface area contributed by atoms with E-state index >= 15 is 0 Å². The first-order chi connectivity index (χ1) is 9.29. The molecular weight excluding hydrogens is 413 g/mol. The van der Waals surface area contributed by atoms with Gasteiger partial charge in [0.15, 0.2) is 0 Å². The Hall–Kier alpha value is -0.920. The van der Waals surface area contributed by atoms with Gasteiger partial charge in [-0.2, -0.15) is 0 Å². The second-order valence-corrected chi connectivity index (χ2v) is 7.60. The third kappa shape index (κ3) is 3.39. The summed E-state index contributed by atoms with van der Waals surface area (Å²) in [7, 11) is -3.75. The standard InChI is InChI=1S/C13H10Br2FNO2S/c1-8-5-11(15)12(16)7-13(8)17-20(18,19)10-4-2-3-9(14)6-10/h2-7,17H,1H3. The van der Waals surface area contributed by atoms with Gasteiger partial charge in [0.05, 0.1) is 15.1 Å². The van der Waals surface area contributed by atoms with Gasteiger partial charge in [-0.05, 0) is 58.7 Å². The van der Waals surface area contributed by atoms with Crippen molar-refractivity contribution in [3.05, 3.63) is 56.7 Å². The van der Waals surface area contributed by atoms with E-state index in [1.54, 1.807) is 19.1 Å². The SMILES string of the molecule is Cc1cc(Br)c(F)cc1NS(=O)(=O)c1cccc(Br)c1. The summed E-state index contributed by atoms with van der Waals surface area (Å²) >= 11 is 6.27. The maximum Gasteiger partial charge on any atom is 0.261 e. The summed E-state index contributed by atoms with van der Waals surface area (Å²) < 4.78 is 41.3. The maximum atomic E-state index is 13.5. The third-order valence-corrected chi connectivity index (χ3v) is 5.08. The first-order valence-corrected chi connectivity index (χ1v) is 8.60. The number of hydrogen-bond donors (Lipinski definition) is 1. The molecule has 20 heavy (non-hydrogen) atoms. The van der Waals surface area contributed by atoms with Crippen molar-refractivity contribution in [1.29, 1.82) is 0 Å². The number of anilines is 1. The number of nitrogens with one attached hydrogen (secondary N) is 1. The monoisotopic (exact) mass is 421 g/mol. The fraction of sp³-hybridized carbons (Fsp3) is 0.0769. The zero-order chi connectivity index (χ0) is 14.9. The van der Waals surface area contributed by atoms with Crippen LogP contribution in [0.5, 0.6) is 0 Å². The van der Waals surface area contributed by atoms with Crippen LogP contribution in [0.2, 0.25) is 0 Å². The average molecular weight is 423 g/mol. The van der Waals surface area contributed by atoms with Crippen LogP contribution in [0.25, 0.3) is 0 Å². The van der Waals surface area contributed by atoms with Crippen molar-refractivity contribution in [2.24, 2.45) is 0 Å². The van der Waals surface area contributed by atoms with Gasteiger partial charge in [0.2, 0.25) is 0 Å². The molecule has 0 bridgehead atoms. The predicted octanol–water partition coefficient (Wildman–Crippen LogP) is 4.46. The minimum Gasteiger partial charge on any atom is -0.279 e. The molecule has 0 saturated carbocycles. The second kappa shape index (κ2) is 5.83. The molecule has 0 aromatic heterocycles. The van der Waals surface area contributed by atoms with E-state index in [0.29, 0.717) is 14.5 Å². The smallest absolute Gasteiger partial charge is 0.261 e. The molecule has 2 aromatic carbocycles. The van der Waals surface area contributed by atoms with Crippen LogP contribution >= 0.6 is 31.9 Å². The minimum absolute atomic E-state index is 0.106. The van der Waals surface area contributed by atoms with E-state index < -0.39 is 15.8 Å². The Morgan fingerprint density at radius 3 is 2.50 bits per heavy atom. The van der Waals surface area contributed by atoms with Crippen LogP contribution < -0.4 is 4.72 Å². The maximum absolute atomic E-state index is 13.5. The summed E-state index contributed by atoms with van der Waals surface area (Å²) in [6, 6.07) is 8.96. The first-order valence-electron chi connectivity index (χ1n) is 5.53. The van der Waals surface area contributed by atoms with Gasteiger partial charge in [0, 0.05) is 4.47 Å². The van der Waals surface area contributed by atoms with E-state index in [1.165, 1.54) is 18.2 Å². The zero-order valence-corrected chi connectivity index (χ0v) is 14.3. The van der Waals surface area contributed by atoms with Gasteiger partial charge >= 0.3 is 0 Å². The van der Waals surface area contributed by atoms with Crippen molar-refractivity contribution < 1.29 is 12.8 Å². The van der Waals surface area contributed by atoms with Crippen LogP contribution in [-0.2, 0) is 10.0 Å². The summed E-state index contributed by atoms with van der Waals surface area (Å²) in [5.41, 5.74) is 0.836. The number of benzene rings is 2. The van der Waals surface area contributed by atoms with E-state index in [4.69, 9.17) is 0 Å². The van der Waals surface area contributed by atoms with Gasteiger partial charge in [-0.25, -0.2) is 12.8 Å². The van der Waals surface area contributed by atoms with Crippen molar-refractivity contribution in [1.82, 2.24) is 0 Å². The molecule has 0 aliphatic rings. The molecule has 2 aromatic rings. The lowest BCUT2D eigenvalue weighted by Gasteiger charge is -2.11. The van der Waals surface area contributed by atoms with Gasteiger partial charge in [0.1, 0.15) is 5.82 Å². The molecule has 7 heteroatoms. The Bertz CT molecular complexity index is 763. The normalized spacial score (nSPS) is 11.4. The molecule has 0 amide bonds. The molecule has 1 N–H and O–H groups in total. The molecule has 0 fully saturated rings. The van der Waals surface area contributed by atoms with Crippen molar-refractivity contribution in [3.63, 3.8) is 0 Å². The first kappa shape index (κ1) is 15.5. The predicted molar refractivity (Wildman–Crippen MR) is 83.8 cm³/mol. The molecule has 0 heterocycles. The number of halogens is 3. The van der Waals surface area contributed by atoms with Crippen LogP contribution in [0.1, 0.15) is 5.56 Å². The molecule has 0 unspecified atom stereocenters. The van der Waals surface area contributed by atoms with Crippen LogP contribution in [0.4, 0.5) is 10.1 Å². The summed E-state index contributed by atoms with van der Waals surface area (Å²) in [6.07, 6.45) is 0. The lowest BCUT2D eigenvalue weighted by atomic mass is 10.2. The highest BCUT2D eigenvalue weighted by Gasteiger charge is 2.16. The molecule has 0 atom stereocenters. The fourth-order valence-corrected chi connectivity index (χ4v) is 3.77. The molecule has 0 radical (unpaired) electrons. The Balaban J connectivity index is 2.41. The van der Waals surface area contributed by atoms with Crippen molar-refractivity contribution >= 4 is 47.6 Å². The van der Waals surface area contributed by atoms with E-state index in [0.717, 1.165) is 6.07 Å². The topological polar surface area (TPSA) is 46.2 Å². The lowest BCUT2D eigenvalue weighted by molar-refractivity contribution is 0.601. The van der Waals surface area contributed by atoms with E-state index in [-0.39, 0.29) is 10.6 Å². The number of rotatable bonds is 3. The largest absolute Gasteiger partial charge is 0.279 e. The van der Waals surface area contributed by atoms with E-state index in [9.17, 15) is 12.8 Å². The Morgan fingerprint density at radius 2 is 1.85 bits per heavy atom. The van der Waals surface area contributed by atoms with Crippen molar-refractivity contribution in [3.8, 4) is 0 Å². The summed E-state index contributed by atoms with van der Waals surface area (Å²) in [5.74, 6) is -0.525. The molecule has 0 spiro atoms. The van der Waals surface area contributed by atoms with Crippen molar-refractivity contribution in [2.75, 3.05) is 4.72 Å². The van der Waals surface area contributed by atoms with Gasteiger partial charge in [-0.15, -0.1) is 0 Å². The third-order valence-electron chi connectivity index (χ3n) is 2.62. The van der Waals surface area contributed by atoms with Crippen molar-refractivity contribution in [2.45, 2.75) is 11.8 Å². The van der Waals surface area contributed by atoms with Crippen LogP contribution in [0.15, 0.2) is 50.2 Å². The van der Waals surface area contributed by atoms with Gasteiger partial charge in [-0.3, -0.25) is 4.72 Å². The highest BCUT2D eigenvalue weighted by atomic mass is 79.9. The Labute approximate surface area is 133 Å². The highest BCUT2D eigenvalue weighted by molar-refractivity contribution is 9.10. The summed E-state index contributed by atoms with van der Waals surface area (Å²) in [4.78, 5) is 0.106. The fourth-order valence-electron chi connectivity index (χ4n) is 1.59. The lowest BCUT2D eigenvalue weighted by Crippen LogP contribution is -2.14. The molecule has 0 saturated heterocycles. The number of aryl methyl sites for hydroxylation is 1. The number of sulfonamides is 1. The molecule has 3 nitrogen and oxygen atoms in total. The molecule has 0 aliphatic carbocycles. The van der Waals surface area contributed by atoms with Gasteiger partial charge in [-0.1, -0.05) is 22.0 Å². The van der Waals surface area contributed by atoms with E-state index in [1.807, 2.05) is 0 Å². The Kier molecular flexibility index (Phi) is 4.51. The van der Waals surface area contributed by atoms with Crippen LogP contribution in [-0.4, -0.2) is 8.42 Å². The Morgan fingerprint density at radius 1 is 1.15 bits per heavy atom. The average Bonchev–Trinajstić information content (AvgIpc) is 2.36.